The number of hydrogen-bond acceptors (Lipinski definition) is 4. The molecule has 108 valence electrons. The molecule has 6 nitrogen and oxygen atoms in total. The Bertz CT molecular complexity index is 696. The number of hydrogen-bond donors (Lipinski definition) is 1. The highest BCUT2D eigenvalue weighted by atomic mass is 16.6. The number of benzene rings is 2. The lowest BCUT2D eigenvalue weighted by Crippen LogP contribution is -2.02. The van der Waals surface area contributed by atoms with Crippen LogP contribution in [-0.2, 0) is 6.61 Å². The first kappa shape index (κ1) is 14.5. The van der Waals surface area contributed by atoms with Crippen LogP contribution in [-0.4, -0.2) is 16.0 Å². The van der Waals surface area contributed by atoms with Crippen molar-refractivity contribution in [1.82, 2.24) is 0 Å². The molecule has 0 unspecified atom stereocenters. The van der Waals surface area contributed by atoms with Gasteiger partial charge in [-0.2, -0.15) is 0 Å². The standard InChI is InChI=1S/C15H13NO5/c1-10-5-6-14(13(7-10)16(19)20)21-9-11-3-2-4-12(8-11)15(17)18/h2-8H,9H2,1H3,(H,17,18). The van der Waals surface area contributed by atoms with Gasteiger partial charge < -0.3 is 9.84 Å². The zero-order valence-electron chi connectivity index (χ0n) is 11.3. The molecule has 0 heterocycles. The highest BCUT2D eigenvalue weighted by Crippen LogP contribution is 2.28. The second-order valence-corrected chi connectivity index (χ2v) is 4.52. The largest absolute Gasteiger partial charge is 0.482 e. The Morgan fingerprint density at radius 3 is 2.71 bits per heavy atom. The minimum Gasteiger partial charge on any atom is -0.482 e. The molecule has 0 radical (unpaired) electrons. The molecule has 21 heavy (non-hydrogen) atoms. The first-order valence-electron chi connectivity index (χ1n) is 6.17. The number of nitro benzene ring substituents is 1. The Morgan fingerprint density at radius 2 is 2.05 bits per heavy atom. The van der Waals surface area contributed by atoms with Gasteiger partial charge in [-0.05, 0) is 36.2 Å². The number of carboxylic acid groups (broad SMARTS) is 1. The molecule has 0 aliphatic heterocycles. The molecule has 0 fully saturated rings. The molecule has 1 N–H and O–H groups in total. The summed E-state index contributed by atoms with van der Waals surface area (Å²) in [7, 11) is 0. The molecule has 0 aromatic heterocycles. The Kier molecular flexibility index (Phi) is 4.18. The fourth-order valence-electron chi connectivity index (χ4n) is 1.85. The Balaban J connectivity index is 2.18. The van der Waals surface area contributed by atoms with E-state index >= 15 is 0 Å². The van der Waals surface area contributed by atoms with Crippen LogP contribution in [0.1, 0.15) is 21.5 Å². The van der Waals surface area contributed by atoms with Crippen LogP contribution in [0.4, 0.5) is 5.69 Å². The van der Waals surface area contributed by atoms with Gasteiger partial charge in [0.1, 0.15) is 6.61 Å². The smallest absolute Gasteiger partial charge is 0.335 e. The number of carbonyl (C=O) groups is 1. The van der Waals surface area contributed by atoms with Gasteiger partial charge in [0, 0.05) is 6.07 Å². The molecule has 0 aliphatic carbocycles. The van der Waals surface area contributed by atoms with Crippen molar-refractivity contribution >= 4 is 11.7 Å². The molecule has 0 aliphatic rings. The van der Waals surface area contributed by atoms with Crippen molar-refractivity contribution in [1.29, 1.82) is 0 Å². The predicted octanol–water partition coefficient (Wildman–Crippen LogP) is 3.18. The van der Waals surface area contributed by atoms with E-state index in [2.05, 4.69) is 0 Å². The van der Waals surface area contributed by atoms with Crippen LogP contribution in [0.25, 0.3) is 0 Å². The van der Waals surface area contributed by atoms with Crippen LogP contribution in [0.2, 0.25) is 0 Å². The van der Waals surface area contributed by atoms with Gasteiger partial charge in [-0.3, -0.25) is 10.1 Å². The van der Waals surface area contributed by atoms with Crippen molar-refractivity contribution in [2.24, 2.45) is 0 Å². The minimum absolute atomic E-state index is 0.0605. The number of nitrogens with zero attached hydrogens (tertiary/aromatic N) is 1. The van der Waals surface area contributed by atoms with Crippen molar-refractivity contribution in [3.05, 3.63) is 69.3 Å². The fourth-order valence-corrected chi connectivity index (χ4v) is 1.85. The van der Waals surface area contributed by atoms with E-state index < -0.39 is 10.9 Å². The summed E-state index contributed by atoms with van der Waals surface area (Å²) in [4.78, 5) is 21.4. The molecule has 2 aromatic rings. The summed E-state index contributed by atoms with van der Waals surface area (Å²) in [5.74, 6) is -0.871. The van der Waals surface area contributed by atoms with Gasteiger partial charge in [-0.1, -0.05) is 18.2 Å². The molecule has 0 atom stereocenters. The summed E-state index contributed by atoms with van der Waals surface area (Å²) in [6, 6.07) is 10.9. The van der Waals surface area contributed by atoms with E-state index in [0.717, 1.165) is 5.56 Å². The van der Waals surface area contributed by atoms with Crippen molar-refractivity contribution in [3.8, 4) is 5.75 Å². The predicted molar refractivity (Wildman–Crippen MR) is 75.6 cm³/mol. The van der Waals surface area contributed by atoms with Crippen LogP contribution in [0, 0.1) is 17.0 Å². The molecule has 6 heteroatoms. The number of aryl methyl sites for hydroxylation is 1. The summed E-state index contributed by atoms with van der Waals surface area (Å²) in [6.07, 6.45) is 0. The molecule has 2 aromatic carbocycles. The molecule has 0 amide bonds. The summed E-state index contributed by atoms with van der Waals surface area (Å²) in [5, 5.41) is 19.9. The lowest BCUT2D eigenvalue weighted by molar-refractivity contribution is -0.386. The SMILES string of the molecule is Cc1ccc(OCc2cccc(C(=O)O)c2)c([N+](=O)[O-])c1. The van der Waals surface area contributed by atoms with Crippen molar-refractivity contribution in [2.45, 2.75) is 13.5 Å². The maximum Gasteiger partial charge on any atom is 0.335 e. The van der Waals surface area contributed by atoms with E-state index in [1.807, 2.05) is 0 Å². The van der Waals surface area contributed by atoms with E-state index in [9.17, 15) is 14.9 Å². The second kappa shape index (κ2) is 6.04. The van der Waals surface area contributed by atoms with E-state index in [1.165, 1.54) is 24.3 Å². The highest BCUT2D eigenvalue weighted by molar-refractivity contribution is 5.87. The number of rotatable bonds is 5. The van der Waals surface area contributed by atoms with Crippen LogP contribution in [0.3, 0.4) is 0 Å². The van der Waals surface area contributed by atoms with Crippen LogP contribution < -0.4 is 4.74 Å². The van der Waals surface area contributed by atoms with Gasteiger partial charge >= 0.3 is 11.7 Å². The highest BCUT2D eigenvalue weighted by Gasteiger charge is 2.15. The normalized spacial score (nSPS) is 10.1. The van der Waals surface area contributed by atoms with E-state index in [0.29, 0.717) is 5.56 Å². The van der Waals surface area contributed by atoms with E-state index in [4.69, 9.17) is 9.84 Å². The van der Waals surface area contributed by atoms with Crippen molar-refractivity contribution in [2.75, 3.05) is 0 Å². The third kappa shape index (κ3) is 3.56. The monoisotopic (exact) mass is 287 g/mol. The lowest BCUT2D eigenvalue weighted by Gasteiger charge is -2.08. The van der Waals surface area contributed by atoms with Gasteiger partial charge in [-0.15, -0.1) is 0 Å². The summed E-state index contributed by atoms with van der Waals surface area (Å²) < 4.78 is 5.44. The van der Waals surface area contributed by atoms with Crippen LogP contribution in [0.15, 0.2) is 42.5 Å². The van der Waals surface area contributed by atoms with Gasteiger partial charge in [0.05, 0.1) is 10.5 Å². The van der Waals surface area contributed by atoms with Gasteiger partial charge in [0.25, 0.3) is 0 Å². The average Bonchev–Trinajstić information content (AvgIpc) is 2.46. The Morgan fingerprint density at radius 1 is 1.29 bits per heavy atom. The van der Waals surface area contributed by atoms with Gasteiger partial charge in [0.15, 0.2) is 5.75 Å². The molecule has 0 saturated heterocycles. The number of ether oxygens (including phenoxy) is 1. The third-order valence-electron chi connectivity index (χ3n) is 2.88. The molecule has 0 bridgehead atoms. The summed E-state index contributed by atoms with van der Waals surface area (Å²) >= 11 is 0. The van der Waals surface area contributed by atoms with Crippen molar-refractivity contribution < 1.29 is 19.6 Å². The summed E-state index contributed by atoms with van der Waals surface area (Å²) in [5.41, 5.74) is 1.44. The van der Waals surface area contributed by atoms with Crippen molar-refractivity contribution in [3.63, 3.8) is 0 Å². The molecule has 0 spiro atoms. The maximum atomic E-state index is 11.0. The Labute approximate surface area is 120 Å². The van der Waals surface area contributed by atoms with E-state index in [1.54, 1.807) is 25.1 Å². The number of nitro groups is 1. The van der Waals surface area contributed by atoms with E-state index in [-0.39, 0.29) is 23.6 Å². The zero-order chi connectivity index (χ0) is 15.4. The molecule has 2 rings (SSSR count). The Hall–Kier alpha value is -2.89. The maximum absolute atomic E-state index is 11.0. The topological polar surface area (TPSA) is 89.7 Å². The number of carboxylic acids is 1. The zero-order valence-corrected chi connectivity index (χ0v) is 11.3. The molecular formula is C15H13NO5. The first-order valence-corrected chi connectivity index (χ1v) is 6.17. The average molecular weight is 287 g/mol. The minimum atomic E-state index is -1.03. The van der Waals surface area contributed by atoms with Crippen LogP contribution in [0.5, 0.6) is 5.75 Å². The lowest BCUT2D eigenvalue weighted by atomic mass is 10.1. The fraction of sp³-hybridized carbons (Fsp3) is 0.133. The quantitative estimate of drug-likeness (QED) is 0.673. The van der Waals surface area contributed by atoms with Gasteiger partial charge in [0.2, 0.25) is 0 Å². The summed E-state index contributed by atoms with van der Waals surface area (Å²) in [6.45, 7) is 1.82. The molecule has 0 saturated carbocycles. The first-order chi connectivity index (χ1) is 9.97. The van der Waals surface area contributed by atoms with Crippen LogP contribution >= 0.6 is 0 Å². The van der Waals surface area contributed by atoms with Gasteiger partial charge in [-0.25, -0.2) is 4.79 Å². The number of aromatic carboxylic acids is 1. The second-order valence-electron chi connectivity index (χ2n) is 4.52. The third-order valence-corrected chi connectivity index (χ3v) is 2.88. The molecular weight excluding hydrogens is 274 g/mol.